The molecule has 3 N–H and O–H groups in total. The van der Waals surface area contributed by atoms with Gasteiger partial charge in [0.1, 0.15) is 0 Å². The van der Waals surface area contributed by atoms with Crippen molar-refractivity contribution < 1.29 is 13.0 Å². The van der Waals surface area contributed by atoms with Crippen LogP contribution >= 0.6 is 0 Å². The van der Waals surface area contributed by atoms with Crippen molar-refractivity contribution in [3.8, 4) is 0 Å². The molecule has 4 nitrogen and oxygen atoms in total. The Morgan fingerprint density at radius 1 is 1.31 bits per heavy atom. The van der Waals surface area contributed by atoms with Crippen molar-refractivity contribution in [2.45, 2.75) is 45.1 Å². The summed E-state index contributed by atoms with van der Waals surface area (Å²) < 4.78 is 26.9. The van der Waals surface area contributed by atoms with Gasteiger partial charge in [-0.3, -0.25) is 4.55 Å². The van der Waals surface area contributed by atoms with E-state index in [0.717, 1.165) is 0 Å². The first-order valence-corrected chi connectivity index (χ1v) is 6.27. The van der Waals surface area contributed by atoms with E-state index in [0.29, 0.717) is 6.04 Å². The Morgan fingerprint density at radius 2 is 1.69 bits per heavy atom. The molecule has 0 aromatic rings. The summed E-state index contributed by atoms with van der Waals surface area (Å²) in [6.07, 6.45) is 6.66. The molecule has 0 aromatic heterocycles. The zero-order valence-electron chi connectivity index (χ0n) is 8.07. The second-order valence-electron chi connectivity index (χ2n) is 3.27. The largest absolute Gasteiger partial charge is 0.328 e. The predicted molar refractivity (Wildman–Crippen MR) is 53.2 cm³/mol. The second-order valence-corrected chi connectivity index (χ2v) is 5.01. The maximum Gasteiger partial charge on any atom is 0.264 e. The fourth-order valence-electron chi connectivity index (χ4n) is 1.13. The van der Waals surface area contributed by atoms with Crippen molar-refractivity contribution in [2.75, 3.05) is 5.75 Å². The maximum atomic E-state index is 9.56. The molecule has 1 rings (SSSR count). The molecular formula is C8H19NO3S. The van der Waals surface area contributed by atoms with Crippen molar-refractivity contribution >= 4 is 10.1 Å². The fourth-order valence-corrected chi connectivity index (χ4v) is 1.13. The minimum absolute atomic E-state index is 0.201. The lowest BCUT2D eigenvalue weighted by Crippen LogP contribution is -2.22. The van der Waals surface area contributed by atoms with E-state index in [1.807, 2.05) is 0 Å². The Hall–Kier alpha value is -0.130. The zero-order chi connectivity index (χ0) is 10.3. The van der Waals surface area contributed by atoms with Gasteiger partial charge >= 0.3 is 0 Å². The van der Waals surface area contributed by atoms with Crippen LogP contribution in [0.15, 0.2) is 0 Å². The predicted octanol–water partition coefficient (Wildman–Crippen LogP) is 1.17. The van der Waals surface area contributed by atoms with Crippen LogP contribution in [0.5, 0.6) is 0 Å². The van der Waals surface area contributed by atoms with Crippen molar-refractivity contribution in [1.29, 1.82) is 0 Å². The third kappa shape index (κ3) is 9.79. The van der Waals surface area contributed by atoms with E-state index in [-0.39, 0.29) is 5.75 Å². The molecule has 0 heterocycles. The maximum absolute atomic E-state index is 9.56. The van der Waals surface area contributed by atoms with Gasteiger partial charge in [0.25, 0.3) is 10.1 Å². The van der Waals surface area contributed by atoms with E-state index in [4.69, 9.17) is 10.3 Å². The van der Waals surface area contributed by atoms with Gasteiger partial charge in [0, 0.05) is 6.04 Å². The molecule has 1 saturated carbocycles. The summed E-state index contributed by atoms with van der Waals surface area (Å²) in [5.41, 5.74) is 5.63. The topological polar surface area (TPSA) is 80.4 Å². The highest BCUT2D eigenvalue weighted by molar-refractivity contribution is 7.85. The molecule has 0 radical (unpaired) electrons. The van der Waals surface area contributed by atoms with Gasteiger partial charge in [-0.05, 0) is 19.8 Å². The Morgan fingerprint density at radius 3 is 1.85 bits per heavy atom. The zero-order valence-corrected chi connectivity index (χ0v) is 8.89. The van der Waals surface area contributed by atoms with Gasteiger partial charge in [-0.15, -0.1) is 0 Å². The lowest BCUT2D eigenvalue weighted by Gasteiger charge is -2.15. The molecule has 0 amide bonds. The molecule has 1 aliphatic carbocycles. The highest BCUT2D eigenvalue weighted by Gasteiger charge is 2.06. The van der Waals surface area contributed by atoms with Gasteiger partial charge in [-0.25, -0.2) is 0 Å². The van der Waals surface area contributed by atoms with E-state index in [2.05, 4.69) is 0 Å². The molecule has 1 fully saturated rings. The van der Waals surface area contributed by atoms with Crippen LogP contribution in [0.1, 0.15) is 39.0 Å². The van der Waals surface area contributed by atoms with Gasteiger partial charge in [0.05, 0.1) is 5.75 Å². The molecular weight excluding hydrogens is 190 g/mol. The minimum atomic E-state index is -3.66. The number of rotatable bonds is 1. The molecule has 0 atom stereocenters. The van der Waals surface area contributed by atoms with Crippen LogP contribution in [0.25, 0.3) is 0 Å². The SMILES string of the molecule is CCS(=O)(=O)O.NC1CCCCC1. The Kier molecular flexibility index (Phi) is 6.28. The van der Waals surface area contributed by atoms with Gasteiger partial charge in [0.15, 0.2) is 0 Å². The van der Waals surface area contributed by atoms with Crippen LogP contribution in [-0.2, 0) is 10.1 Å². The highest BCUT2D eigenvalue weighted by Crippen LogP contribution is 2.14. The summed E-state index contributed by atoms with van der Waals surface area (Å²) in [4.78, 5) is 0. The fraction of sp³-hybridized carbons (Fsp3) is 1.00. The monoisotopic (exact) mass is 209 g/mol. The minimum Gasteiger partial charge on any atom is -0.328 e. The molecule has 0 aromatic carbocycles. The summed E-state index contributed by atoms with van der Waals surface area (Å²) >= 11 is 0. The first-order chi connectivity index (χ1) is 5.95. The van der Waals surface area contributed by atoms with Crippen molar-refractivity contribution in [3.63, 3.8) is 0 Å². The molecule has 0 saturated heterocycles. The molecule has 0 bridgehead atoms. The molecule has 0 spiro atoms. The lowest BCUT2D eigenvalue weighted by molar-refractivity contribution is 0.441. The van der Waals surface area contributed by atoms with Crippen molar-refractivity contribution in [3.05, 3.63) is 0 Å². The van der Waals surface area contributed by atoms with Crippen LogP contribution in [0.2, 0.25) is 0 Å². The van der Waals surface area contributed by atoms with Crippen LogP contribution in [0.3, 0.4) is 0 Å². The summed E-state index contributed by atoms with van der Waals surface area (Å²) in [7, 11) is -3.66. The average Bonchev–Trinajstić information content (AvgIpc) is 2.06. The van der Waals surface area contributed by atoms with E-state index in [9.17, 15) is 8.42 Å². The molecule has 0 aliphatic heterocycles. The normalized spacial score (nSPS) is 19.0. The van der Waals surface area contributed by atoms with Crippen LogP contribution < -0.4 is 5.73 Å². The number of hydrogen-bond donors (Lipinski definition) is 2. The van der Waals surface area contributed by atoms with Crippen LogP contribution in [0, 0.1) is 0 Å². The summed E-state index contributed by atoms with van der Waals surface area (Å²) in [6, 6.07) is 0.536. The molecule has 13 heavy (non-hydrogen) atoms. The third-order valence-electron chi connectivity index (χ3n) is 2.01. The molecule has 5 heteroatoms. The van der Waals surface area contributed by atoms with E-state index in [1.165, 1.54) is 39.0 Å². The first kappa shape index (κ1) is 12.9. The summed E-state index contributed by atoms with van der Waals surface area (Å²) in [5.74, 6) is -0.201. The van der Waals surface area contributed by atoms with E-state index in [1.54, 1.807) is 0 Å². The van der Waals surface area contributed by atoms with Gasteiger partial charge < -0.3 is 5.73 Å². The Labute approximate surface area is 80.3 Å². The molecule has 0 unspecified atom stereocenters. The lowest BCUT2D eigenvalue weighted by atomic mass is 9.97. The Bertz CT molecular complexity index is 207. The second kappa shape index (κ2) is 6.34. The standard InChI is InChI=1S/C6H13N.C2H6O3S/c7-6-4-2-1-3-5-6;1-2-6(3,4)5/h6H,1-5,7H2;2H2,1H3,(H,3,4,5). The van der Waals surface area contributed by atoms with E-state index < -0.39 is 10.1 Å². The quantitative estimate of drug-likeness (QED) is 0.635. The number of nitrogens with two attached hydrogens (primary N) is 1. The van der Waals surface area contributed by atoms with E-state index >= 15 is 0 Å². The van der Waals surface area contributed by atoms with Crippen molar-refractivity contribution in [2.24, 2.45) is 5.73 Å². The first-order valence-electron chi connectivity index (χ1n) is 4.66. The molecule has 1 aliphatic rings. The summed E-state index contributed by atoms with van der Waals surface area (Å²) in [5, 5.41) is 0. The van der Waals surface area contributed by atoms with Gasteiger partial charge in [-0.2, -0.15) is 8.42 Å². The van der Waals surface area contributed by atoms with Crippen LogP contribution in [-0.4, -0.2) is 24.8 Å². The van der Waals surface area contributed by atoms with Gasteiger partial charge in [0.2, 0.25) is 0 Å². The third-order valence-corrected chi connectivity index (χ3v) is 2.74. The van der Waals surface area contributed by atoms with Gasteiger partial charge in [-0.1, -0.05) is 19.3 Å². The Balaban J connectivity index is 0.000000226. The molecule has 80 valence electrons. The van der Waals surface area contributed by atoms with Crippen LogP contribution in [0.4, 0.5) is 0 Å². The highest BCUT2D eigenvalue weighted by atomic mass is 32.2. The summed E-state index contributed by atoms with van der Waals surface area (Å²) in [6.45, 7) is 1.37. The van der Waals surface area contributed by atoms with Crippen molar-refractivity contribution in [1.82, 2.24) is 0 Å². The number of hydrogen-bond acceptors (Lipinski definition) is 3. The smallest absolute Gasteiger partial charge is 0.264 e. The average molecular weight is 209 g/mol.